The van der Waals surface area contributed by atoms with Crippen molar-refractivity contribution in [3.05, 3.63) is 28.2 Å². The first-order valence-corrected chi connectivity index (χ1v) is 7.87. The number of nitrogens with one attached hydrogen (secondary N) is 1. The van der Waals surface area contributed by atoms with E-state index in [0.29, 0.717) is 25.2 Å². The molecule has 0 bridgehead atoms. The monoisotopic (exact) mass is 350 g/mol. The largest absolute Gasteiger partial charge is 0.370 e. The van der Waals surface area contributed by atoms with Crippen LogP contribution in [0.1, 0.15) is 18.4 Å². The zero-order valence-corrected chi connectivity index (χ0v) is 13.4. The lowest BCUT2D eigenvalue weighted by Crippen LogP contribution is -2.44. The van der Waals surface area contributed by atoms with Gasteiger partial charge in [-0.15, -0.1) is 0 Å². The van der Waals surface area contributed by atoms with Crippen LogP contribution in [0.3, 0.4) is 0 Å². The van der Waals surface area contributed by atoms with Crippen molar-refractivity contribution < 1.29 is 4.79 Å². The molecule has 1 aromatic carbocycles. The van der Waals surface area contributed by atoms with E-state index in [0.717, 1.165) is 29.5 Å². The number of anilines is 1. The minimum absolute atomic E-state index is 0.0455. The molecule has 1 aliphatic rings. The molecule has 112 valence electrons. The summed E-state index contributed by atoms with van der Waals surface area (Å²) in [5, 5.41) is 12.1. The first kappa shape index (κ1) is 15.8. The molecule has 0 aromatic heterocycles. The third-order valence-corrected chi connectivity index (χ3v) is 4.15. The SMILES string of the molecule is N#Cc1ccc(Br)cc1N1CCCC(C(=O)NCCN)C1. The van der Waals surface area contributed by atoms with Gasteiger partial charge in [-0.2, -0.15) is 5.26 Å². The van der Waals surface area contributed by atoms with Crippen LogP contribution in [0.15, 0.2) is 22.7 Å². The van der Waals surface area contributed by atoms with E-state index in [1.807, 2.05) is 12.1 Å². The molecule has 1 atom stereocenters. The van der Waals surface area contributed by atoms with Gasteiger partial charge >= 0.3 is 0 Å². The van der Waals surface area contributed by atoms with Crippen molar-refractivity contribution in [1.82, 2.24) is 5.32 Å². The number of halogens is 1. The van der Waals surface area contributed by atoms with E-state index in [2.05, 4.69) is 32.2 Å². The molecule has 1 saturated heterocycles. The van der Waals surface area contributed by atoms with Gasteiger partial charge in [-0.1, -0.05) is 15.9 Å². The molecule has 0 saturated carbocycles. The van der Waals surface area contributed by atoms with Crippen molar-refractivity contribution in [3.8, 4) is 6.07 Å². The van der Waals surface area contributed by atoms with Crippen LogP contribution in [0.5, 0.6) is 0 Å². The zero-order valence-electron chi connectivity index (χ0n) is 11.8. The van der Waals surface area contributed by atoms with Crippen molar-refractivity contribution >= 4 is 27.5 Å². The summed E-state index contributed by atoms with van der Waals surface area (Å²) in [5.41, 5.74) is 6.94. The molecule has 1 unspecified atom stereocenters. The topological polar surface area (TPSA) is 82.2 Å². The highest BCUT2D eigenvalue weighted by Crippen LogP contribution is 2.29. The molecule has 1 fully saturated rings. The number of piperidine rings is 1. The summed E-state index contributed by atoms with van der Waals surface area (Å²) < 4.78 is 0.936. The van der Waals surface area contributed by atoms with Crippen LogP contribution >= 0.6 is 15.9 Å². The van der Waals surface area contributed by atoms with Crippen molar-refractivity contribution in [3.63, 3.8) is 0 Å². The molecule has 3 N–H and O–H groups in total. The Morgan fingerprint density at radius 3 is 3.10 bits per heavy atom. The molecule has 0 aliphatic carbocycles. The van der Waals surface area contributed by atoms with E-state index >= 15 is 0 Å². The summed E-state index contributed by atoms with van der Waals surface area (Å²) in [5.74, 6) is 0.00878. The average molecular weight is 351 g/mol. The first-order valence-electron chi connectivity index (χ1n) is 7.08. The number of amides is 1. The fraction of sp³-hybridized carbons (Fsp3) is 0.467. The maximum Gasteiger partial charge on any atom is 0.224 e. The molecule has 21 heavy (non-hydrogen) atoms. The highest BCUT2D eigenvalue weighted by Gasteiger charge is 2.26. The Labute approximate surface area is 133 Å². The van der Waals surface area contributed by atoms with Crippen molar-refractivity contribution in [2.24, 2.45) is 11.7 Å². The molecular formula is C15H19BrN4O. The Kier molecular flexibility index (Phi) is 5.59. The number of carbonyl (C=O) groups is 1. The maximum atomic E-state index is 12.1. The Morgan fingerprint density at radius 1 is 1.57 bits per heavy atom. The number of nitriles is 1. The van der Waals surface area contributed by atoms with E-state index < -0.39 is 0 Å². The average Bonchev–Trinajstić information content (AvgIpc) is 2.52. The lowest BCUT2D eigenvalue weighted by atomic mass is 9.96. The number of nitrogens with two attached hydrogens (primary N) is 1. The van der Waals surface area contributed by atoms with Gasteiger partial charge in [0.15, 0.2) is 0 Å². The van der Waals surface area contributed by atoms with E-state index in [4.69, 9.17) is 5.73 Å². The van der Waals surface area contributed by atoms with E-state index in [1.165, 1.54) is 0 Å². The highest BCUT2D eigenvalue weighted by atomic mass is 79.9. The minimum Gasteiger partial charge on any atom is -0.370 e. The second-order valence-electron chi connectivity index (χ2n) is 5.14. The summed E-state index contributed by atoms with van der Waals surface area (Å²) in [4.78, 5) is 14.2. The summed E-state index contributed by atoms with van der Waals surface area (Å²) in [6, 6.07) is 7.82. The van der Waals surface area contributed by atoms with Crippen molar-refractivity contribution in [2.75, 3.05) is 31.1 Å². The number of hydrogen-bond acceptors (Lipinski definition) is 4. The standard InChI is InChI=1S/C15H19BrN4O/c16-13-4-3-11(9-18)14(8-13)20-7-1-2-12(10-20)15(21)19-6-5-17/h3-4,8,12H,1-2,5-7,10,17H2,(H,19,21). The summed E-state index contributed by atoms with van der Waals surface area (Å²) in [6.45, 7) is 2.47. The van der Waals surface area contributed by atoms with Gasteiger partial charge in [0.25, 0.3) is 0 Å². The number of rotatable bonds is 4. The molecule has 1 aromatic rings. The molecule has 1 heterocycles. The van der Waals surface area contributed by atoms with Crippen LogP contribution in [0.2, 0.25) is 0 Å². The van der Waals surface area contributed by atoms with Gasteiger partial charge in [-0.3, -0.25) is 4.79 Å². The molecule has 2 rings (SSSR count). The van der Waals surface area contributed by atoms with Crippen LogP contribution < -0.4 is 16.0 Å². The summed E-state index contributed by atoms with van der Waals surface area (Å²) in [7, 11) is 0. The second-order valence-corrected chi connectivity index (χ2v) is 6.05. The van der Waals surface area contributed by atoms with Gasteiger partial charge in [-0.05, 0) is 31.0 Å². The third-order valence-electron chi connectivity index (χ3n) is 3.66. The van der Waals surface area contributed by atoms with E-state index in [9.17, 15) is 10.1 Å². The second kappa shape index (κ2) is 7.43. The van der Waals surface area contributed by atoms with E-state index in [1.54, 1.807) is 6.07 Å². The number of benzene rings is 1. The number of carbonyl (C=O) groups excluding carboxylic acids is 1. The van der Waals surface area contributed by atoms with Crippen LogP contribution in [-0.2, 0) is 4.79 Å². The Morgan fingerprint density at radius 2 is 2.38 bits per heavy atom. The van der Waals surface area contributed by atoms with Gasteiger partial charge in [0.05, 0.1) is 17.2 Å². The van der Waals surface area contributed by atoms with E-state index in [-0.39, 0.29) is 11.8 Å². The van der Waals surface area contributed by atoms with Gasteiger partial charge in [-0.25, -0.2) is 0 Å². The predicted octanol–water partition coefficient (Wildman–Crippen LogP) is 1.61. The van der Waals surface area contributed by atoms with Crippen molar-refractivity contribution in [2.45, 2.75) is 12.8 Å². The predicted molar refractivity (Wildman–Crippen MR) is 85.9 cm³/mol. The van der Waals surface area contributed by atoms with Crippen molar-refractivity contribution in [1.29, 1.82) is 5.26 Å². The molecule has 0 radical (unpaired) electrons. The van der Waals surface area contributed by atoms with Crippen LogP contribution in [0.25, 0.3) is 0 Å². The molecule has 6 heteroatoms. The molecule has 0 spiro atoms. The fourth-order valence-corrected chi connectivity index (χ4v) is 2.96. The Hall–Kier alpha value is -1.58. The third kappa shape index (κ3) is 3.96. The Balaban J connectivity index is 2.13. The van der Waals surface area contributed by atoms with Crippen LogP contribution in [-0.4, -0.2) is 32.1 Å². The highest BCUT2D eigenvalue weighted by molar-refractivity contribution is 9.10. The fourth-order valence-electron chi connectivity index (χ4n) is 2.61. The summed E-state index contributed by atoms with van der Waals surface area (Å²) >= 11 is 3.44. The quantitative estimate of drug-likeness (QED) is 0.864. The molecule has 5 nitrogen and oxygen atoms in total. The molecule has 1 amide bonds. The van der Waals surface area contributed by atoms with Crippen LogP contribution in [0.4, 0.5) is 5.69 Å². The number of nitrogens with zero attached hydrogens (tertiary/aromatic N) is 2. The van der Waals surface area contributed by atoms with Crippen LogP contribution in [0, 0.1) is 17.2 Å². The summed E-state index contributed by atoms with van der Waals surface area (Å²) in [6.07, 6.45) is 1.82. The number of hydrogen-bond donors (Lipinski definition) is 2. The zero-order chi connectivity index (χ0) is 15.2. The lowest BCUT2D eigenvalue weighted by Gasteiger charge is -2.34. The van der Waals surface area contributed by atoms with Gasteiger partial charge in [0, 0.05) is 30.7 Å². The first-order chi connectivity index (χ1) is 10.2. The Bertz CT molecular complexity index is 555. The van der Waals surface area contributed by atoms with Gasteiger partial charge < -0.3 is 16.0 Å². The molecule has 1 aliphatic heterocycles. The normalized spacial score (nSPS) is 18.1. The smallest absolute Gasteiger partial charge is 0.224 e. The van der Waals surface area contributed by atoms with Gasteiger partial charge in [0.1, 0.15) is 6.07 Å². The maximum absolute atomic E-state index is 12.1. The lowest BCUT2D eigenvalue weighted by molar-refractivity contribution is -0.125. The molecular weight excluding hydrogens is 332 g/mol. The van der Waals surface area contributed by atoms with Gasteiger partial charge in [0.2, 0.25) is 5.91 Å². The minimum atomic E-state index is -0.0455.